The molecule has 2 rings (SSSR count). The first-order valence-corrected chi connectivity index (χ1v) is 13.3. The Hall–Kier alpha value is -2.43. The van der Waals surface area contributed by atoms with Crippen LogP contribution in [0.5, 0.6) is 0 Å². The molecule has 2 aromatic rings. The lowest BCUT2D eigenvalue weighted by atomic mass is 10.1. The second-order valence-corrected chi connectivity index (χ2v) is 11.3. The molecule has 10 heteroatoms. The molecule has 0 bridgehead atoms. The summed E-state index contributed by atoms with van der Waals surface area (Å²) in [6.07, 6.45) is 0.752. The third kappa shape index (κ3) is 7.28. The van der Waals surface area contributed by atoms with E-state index in [9.17, 15) is 18.0 Å². The van der Waals surface area contributed by atoms with E-state index in [2.05, 4.69) is 21.2 Å². The van der Waals surface area contributed by atoms with Gasteiger partial charge in [-0.25, -0.2) is 4.31 Å². The molecule has 0 aliphatic carbocycles. The van der Waals surface area contributed by atoms with Crippen molar-refractivity contribution >= 4 is 43.6 Å². The zero-order valence-electron chi connectivity index (χ0n) is 20.2. The van der Waals surface area contributed by atoms with Crippen LogP contribution in [0.3, 0.4) is 0 Å². The number of nitrogens with one attached hydrogen (secondary N) is 1. The maximum atomic E-state index is 13.6. The summed E-state index contributed by atoms with van der Waals surface area (Å²) < 4.78 is 29.2. The number of halogens is 1. The Morgan fingerprint density at radius 3 is 2.12 bits per heavy atom. The topological polar surface area (TPSA) is 90.0 Å². The lowest BCUT2D eigenvalue weighted by Crippen LogP contribution is -2.53. The van der Waals surface area contributed by atoms with Gasteiger partial charge in [-0.15, -0.1) is 0 Å². The summed E-state index contributed by atoms with van der Waals surface area (Å²) in [6, 6.07) is 15.0. The number of hydrogen-bond donors (Lipinski definition) is 1. The first-order chi connectivity index (χ1) is 16.0. The van der Waals surface area contributed by atoms with Gasteiger partial charge in [-0.1, -0.05) is 53.2 Å². The third-order valence-corrected chi connectivity index (χ3v) is 7.85. The molecular formula is C24H33BrN4O4S. The van der Waals surface area contributed by atoms with E-state index in [1.54, 1.807) is 37.3 Å². The molecule has 0 saturated heterocycles. The average molecular weight is 554 g/mol. The number of carbonyl (C=O) groups is 2. The third-order valence-electron chi connectivity index (χ3n) is 5.50. The molecule has 2 atom stereocenters. The van der Waals surface area contributed by atoms with Crippen LogP contribution in [-0.4, -0.2) is 62.2 Å². The van der Waals surface area contributed by atoms with Crippen LogP contribution >= 0.6 is 15.9 Å². The molecule has 0 fully saturated rings. The van der Waals surface area contributed by atoms with E-state index in [1.807, 2.05) is 38.1 Å². The van der Waals surface area contributed by atoms with Crippen molar-refractivity contribution < 1.29 is 18.0 Å². The number of anilines is 1. The molecule has 34 heavy (non-hydrogen) atoms. The summed E-state index contributed by atoms with van der Waals surface area (Å²) in [5.41, 5.74) is 1.19. The fourth-order valence-corrected chi connectivity index (χ4v) is 4.47. The first-order valence-electron chi connectivity index (χ1n) is 11.1. The number of nitrogens with zero attached hydrogens (tertiary/aromatic N) is 3. The quantitative estimate of drug-likeness (QED) is 0.462. The Balaban J connectivity index is 2.41. The molecule has 0 aliphatic heterocycles. The summed E-state index contributed by atoms with van der Waals surface area (Å²) >= 11 is 3.40. The predicted molar refractivity (Wildman–Crippen MR) is 138 cm³/mol. The molecule has 2 amide bonds. The SMILES string of the molecule is CC[C@H](C)NC(=O)[C@H](C)N(Cc1ccc(Br)cc1)C(=O)CN(c1ccccc1)S(=O)(=O)N(C)C. The maximum absolute atomic E-state index is 13.6. The van der Waals surface area contributed by atoms with Gasteiger partial charge in [0.15, 0.2) is 0 Å². The molecule has 0 aliphatic rings. The number of carbonyl (C=O) groups excluding carboxylic acids is 2. The normalized spacial score (nSPS) is 13.3. The van der Waals surface area contributed by atoms with Crippen molar-refractivity contribution in [2.24, 2.45) is 0 Å². The zero-order chi connectivity index (χ0) is 25.5. The summed E-state index contributed by atoms with van der Waals surface area (Å²) in [5.74, 6) is -0.773. The van der Waals surface area contributed by atoms with E-state index in [0.29, 0.717) is 5.69 Å². The largest absolute Gasteiger partial charge is 0.352 e. The Labute approximate surface area is 211 Å². The van der Waals surface area contributed by atoms with Crippen LogP contribution in [0.25, 0.3) is 0 Å². The standard InChI is InChI=1S/C24H33BrN4O4S/c1-6-18(2)26-24(31)19(3)28(16-20-12-14-21(25)15-13-20)23(30)17-29(34(32,33)27(4)5)22-10-8-7-9-11-22/h7-15,18-19H,6,16-17H2,1-5H3,(H,26,31)/t18-,19-/m0/s1. The van der Waals surface area contributed by atoms with E-state index in [4.69, 9.17) is 0 Å². The first kappa shape index (κ1) is 27.8. The lowest BCUT2D eigenvalue weighted by molar-refractivity contribution is -0.139. The van der Waals surface area contributed by atoms with Crippen molar-refractivity contribution in [3.8, 4) is 0 Å². The molecule has 8 nitrogen and oxygen atoms in total. The molecule has 0 heterocycles. The van der Waals surface area contributed by atoms with E-state index in [1.165, 1.54) is 19.0 Å². The van der Waals surface area contributed by atoms with Gasteiger partial charge in [0.2, 0.25) is 11.8 Å². The van der Waals surface area contributed by atoms with E-state index in [0.717, 1.165) is 25.1 Å². The Kier molecular flexibility index (Phi) is 10.1. The fourth-order valence-electron chi connectivity index (χ4n) is 3.15. The number of rotatable bonds is 11. The maximum Gasteiger partial charge on any atom is 0.304 e. The van der Waals surface area contributed by atoms with Crippen LogP contribution in [0.2, 0.25) is 0 Å². The Morgan fingerprint density at radius 1 is 1.00 bits per heavy atom. The van der Waals surface area contributed by atoms with E-state index in [-0.39, 0.29) is 18.5 Å². The van der Waals surface area contributed by atoms with Crippen LogP contribution in [0.15, 0.2) is 59.1 Å². The van der Waals surface area contributed by atoms with Crippen LogP contribution in [0, 0.1) is 0 Å². The van der Waals surface area contributed by atoms with Gasteiger partial charge in [0, 0.05) is 31.2 Å². The van der Waals surface area contributed by atoms with Gasteiger partial charge in [-0.05, 0) is 50.1 Å². The van der Waals surface area contributed by atoms with Crippen molar-refractivity contribution in [3.05, 3.63) is 64.6 Å². The summed E-state index contributed by atoms with van der Waals surface area (Å²) in [4.78, 5) is 27.9. The molecule has 0 unspecified atom stereocenters. The molecule has 1 N–H and O–H groups in total. The van der Waals surface area contributed by atoms with Crippen LogP contribution in [-0.2, 0) is 26.3 Å². The van der Waals surface area contributed by atoms with E-state index >= 15 is 0 Å². The van der Waals surface area contributed by atoms with Crippen molar-refractivity contribution in [3.63, 3.8) is 0 Å². The minimum Gasteiger partial charge on any atom is -0.352 e. The molecule has 0 aromatic heterocycles. The highest BCUT2D eigenvalue weighted by atomic mass is 79.9. The zero-order valence-corrected chi connectivity index (χ0v) is 22.6. The molecular weight excluding hydrogens is 520 g/mol. The highest BCUT2D eigenvalue weighted by molar-refractivity contribution is 9.10. The summed E-state index contributed by atoms with van der Waals surface area (Å²) in [5, 5.41) is 2.91. The number of para-hydroxylation sites is 1. The number of amides is 2. The fraction of sp³-hybridized carbons (Fsp3) is 0.417. The molecule has 0 spiro atoms. The summed E-state index contributed by atoms with van der Waals surface area (Å²) in [6.45, 7) is 5.23. The van der Waals surface area contributed by atoms with Crippen LogP contribution < -0.4 is 9.62 Å². The minimum absolute atomic E-state index is 0.0467. The monoisotopic (exact) mass is 552 g/mol. The molecule has 2 aromatic carbocycles. The molecule has 186 valence electrons. The van der Waals surface area contributed by atoms with Gasteiger partial charge in [-0.3, -0.25) is 9.59 Å². The van der Waals surface area contributed by atoms with Crippen molar-refractivity contribution in [2.45, 2.75) is 45.8 Å². The van der Waals surface area contributed by atoms with Crippen molar-refractivity contribution in [1.29, 1.82) is 0 Å². The number of benzene rings is 2. The lowest BCUT2D eigenvalue weighted by Gasteiger charge is -2.33. The highest BCUT2D eigenvalue weighted by Crippen LogP contribution is 2.21. The Morgan fingerprint density at radius 2 is 1.59 bits per heavy atom. The predicted octanol–water partition coefficient (Wildman–Crippen LogP) is 3.39. The van der Waals surface area contributed by atoms with E-state index < -0.39 is 28.7 Å². The average Bonchev–Trinajstić information content (AvgIpc) is 2.81. The summed E-state index contributed by atoms with van der Waals surface area (Å²) in [7, 11) is -1.13. The van der Waals surface area contributed by atoms with Crippen molar-refractivity contribution in [1.82, 2.24) is 14.5 Å². The van der Waals surface area contributed by atoms with Gasteiger partial charge >= 0.3 is 10.2 Å². The van der Waals surface area contributed by atoms with Crippen molar-refractivity contribution in [2.75, 3.05) is 24.9 Å². The second kappa shape index (κ2) is 12.3. The smallest absolute Gasteiger partial charge is 0.304 e. The van der Waals surface area contributed by atoms with Gasteiger partial charge in [0.05, 0.1) is 5.69 Å². The van der Waals surface area contributed by atoms with Gasteiger partial charge < -0.3 is 10.2 Å². The molecule has 0 saturated carbocycles. The van der Waals surface area contributed by atoms with Crippen LogP contribution in [0.4, 0.5) is 5.69 Å². The Bertz CT molecular complexity index is 1060. The van der Waals surface area contributed by atoms with Gasteiger partial charge in [0.25, 0.3) is 0 Å². The second-order valence-electron chi connectivity index (χ2n) is 8.27. The van der Waals surface area contributed by atoms with Gasteiger partial charge in [0.1, 0.15) is 12.6 Å². The number of hydrogen-bond acceptors (Lipinski definition) is 4. The van der Waals surface area contributed by atoms with Gasteiger partial charge in [-0.2, -0.15) is 12.7 Å². The van der Waals surface area contributed by atoms with Crippen LogP contribution in [0.1, 0.15) is 32.8 Å². The highest BCUT2D eigenvalue weighted by Gasteiger charge is 2.32. The molecule has 0 radical (unpaired) electrons. The minimum atomic E-state index is -3.96.